The molecule has 12 N–H and O–H groups in total. The maximum Gasteiger partial charge on any atom is 0.490 e. The number of rotatable bonds is 17. The molecule has 0 fully saturated rings. The van der Waals surface area contributed by atoms with Gasteiger partial charge in [0, 0.05) is 29.8 Å². The third-order valence-corrected chi connectivity index (χ3v) is 7.63. The Morgan fingerprint density at radius 1 is 0.881 bits per heavy atom. The monoisotopic (exact) mass is 846 g/mol. The van der Waals surface area contributed by atoms with Gasteiger partial charge in [-0.15, -0.1) is 0 Å². The number of hydrogen-bond donors (Lipinski definition) is 10. The molecular formula is C36H53F3N8O12. The van der Waals surface area contributed by atoms with Crippen LogP contribution in [0.15, 0.2) is 38.5 Å². The largest absolute Gasteiger partial charge is 0.490 e. The highest BCUT2D eigenvalue weighted by molar-refractivity contribution is 6.00. The quantitative estimate of drug-likeness (QED) is 0.0449. The fourth-order valence-corrected chi connectivity index (χ4v) is 4.94. The number of carbonyl (C=O) groups is 6. The first-order chi connectivity index (χ1) is 27.1. The molecule has 5 atom stereocenters. The SMILES string of the molecule is Cc1cc(=O)oc2cc(NC(=O)[C@H](CCCN=C(N)N)NC(=O)[C@@H](NC(=O)[C@H](CO)NC(=O)[C@H](CC(C)C)NC(=O)OC(C)(C)C)[C@@H](C)O)ccc12.O=C(O)C(F)(F)F. The number of aliphatic hydroxyl groups excluding tert-OH is 2. The number of hydrogen-bond acceptors (Lipinski definition) is 12. The molecule has 59 heavy (non-hydrogen) atoms. The fraction of sp³-hybridized carbons (Fsp3) is 0.556. The van der Waals surface area contributed by atoms with Crippen molar-refractivity contribution < 1.29 is 66.4 Å². The highest BCUT2D eigenvalue weighted by Crippen LogP contribution is 2.21. The van der Waals surface area contributed by atoms with Gasteiger partial charge in [-0.25, -0.2) is 14.4 Å². The number of carbonyl (C=O) groups excluding carboxylic acids is 5. The lowest BCUT2D eigenvalue weighted by Gasteiger charge is -2.27. The van der Waals surface area contributed by atoms with E-state index in [9.17, 15) is 52.2 Å². The summed E-state index contributed by atoms with van der Waals surface area (Å²) in [7, 11) is 0. The van der Waals surface area contributed by atoms with Crippen molar-refractivity contribution in [1.82, 2.24) is 21.3 Å². The molecule has 0 aliphatic heterocycles. The van der Waals surface area contributed by atoms with Crippen LogP contribution < -0.4 is 43.7 Å². The number of carboxylic acid groups (broad SMARTS) is 1. The molecular weight excluding hydrogens is 793 g/mol. The Kier molecular flexibility index (Phi) is 19.8. The number of alkyl carbamates (subject to hydrolysis) is 1. The first-order valence-corrected chi connectivity index (χ1v) is 18.1. The van der Waals surface area contributed by atoms with E-state index >= 15 is 0 Å². The number of halogens is 3. The summed E-state index contributed by atoms with van der Waals surface area (Å²) >= 11 is 0. The number of amides is 5. The van der Waals surface area contributed by atoms with Crippen molar-refractivity contribution in [2.45, 2.75) is 110 Å². The van der Waals surface area contributed by atoms with Crippen LogP contribution in [0.4, 0.5) is 23.7 Å². The lowest BCUT2D eigenvalue weighted by molar-refractivity contribution is -0.192. The van der Waals surface area contributed by atoms with Crippen molar-refractivity contribution in [1.29, 1.82) is 0 Å². The zero-order chi connectivity index (χ0) is 45.4. The van der Waals surface area contributed by atoms with Gasteiger partial charge in [-0.3, -0.25) is 24.2 Å². The second-order valence-corrected chi connectivity index (χ2v) is 14.6. The number of aliphatic imine (C=N–C) groups is 1. The van der Waals surface area contributed by atoms with Gasteiger partial charge in [-0.05, 0) is 77.5 Å². The van der Waals surface area contributed by atoms with Gasteiger partial charge in [-0.2, -0.15) is 13.2 Å². The summed E-state index contributed by atoms with van der Waals surface area (Å²) in [4.78, 5) is 90.4. The van der Waals surface area contributed by atoms with Crippen molar-refractivity contribution in [3.63, 3.8) is 0 Å². The number of guanidine groups is 1. The molecule has 0 saturated carbocycles. The molecule has 20 nitrogen and oxygen atoms in total. The Hall–Kier alpha value is -5.97. The lowest BCUT2D eigenvalue weighted by Crippen LogP contribution is -2.61. The van der Waals surface area contributed by atoms with E-state index in [2.05, 4.69) is 31.6 Å². The Balaban J connectivity index is 0.00000227. The minimum absolute atomic E-state index is 0.0216. The van der Waals surface area contributed by atoms with Crippen molar-refractivity contribution in [3.05, 3.63) is 40.2 Å². The molecule has 23 heteroatoms. The van der Waals surface area contributed by atoms with Crippen LogP contribution in [0.3, 0.4) is 0 Å². The molecule has 2 rings (SSSR count). The van der Waals surface area contributed by atoms with Gasteiger partial charge >= 0.3 is 23.9 Å². The highest BCUT2D eigenvalue weighted by Gasteiger charge is 2.38. The normalized spacial score (nSPS) is 13.9. The summed E-state index contributed by atoms with van der Waals surface area (Å²) < 4.78 is 42.2. The summed E-state index contributed by atoms with van der Waals surface area (Å²) in [6.07, 6.45) is -7.01. The third kappa shape index (κ3) is 18.9. The van der Waals surface area contributed by atoms with Crippen LogP contribution in [-0.4, -0.2) is 112 Å². The van der Waals surface area contributed by atoms with Crippen LogP contribution in [0.2, 0.25) is 0 Å². The molecule has 330 valence electrons. The number of benzene rings is 1. The average molecular weight is 847 g/mol. The second-order valence-electron chi connectivity index (χ2n) is 14.6. The Morgan fingerprint density at radius 2 is 1.46 bits per heavy atom. The summed E-state index contributed by atoms with van der Waals surface area (Å²) in [5, 5.41) is 40.6. The number of fused-ring (bicyclic) bond motifs is 1. The van der Waals surface area contributed by atoms with Crippen LogP contribution in [0.1, 0.15) is 66.4 Å². The Bertz CT molecular complexity index is 1880. The van der Waals surface area contributed by atoms with Crippen molar-refractivity contribution in [2.24, 2.45) is 22.4 Å². The molecule has 1 heterocycles. The van der Waals surface area contributed by atoms with E-state index in [0.717, 1.165) is 0 Å². The standard InChI is InChI=1S/C34H52N8O10.C2HF3O2/c1-17(2)13-23(41-33(50)52-34(5,6)7)29(47)40-24(16-43)30(48)42-27(19(4)44)31(49)39-22(9-8-12-37-32(35)36)28(46)38-20-10-11-21-18(3)14-26(45)51-25(21)15-20;3-2(4,5)1(6)7/h10-11,14-15,17,19,22-24,27,43-44H,8-9,12-13,16H2,1-7H3,(H,38,46)(H,39,49)(H,40,47)(H,41,50)(H,42,48)(H4,35,36,37);(H,6,7)/t19-,22+,23+,24+,27+;/m1./s1. The fourth-order valence-electron chi connectivity index (χ4n) is 4.94. The van der Waals surface area contributed by atoms with Crippen molar-refractivity contribution >= 4 is 58.3 Å². The summed E-state index contributed by atoms with van der Waals surface area (Å²) in [5.41, 5.74) is 10.5. The number of aliphatic carboxylic acids is 1. The Labute approximate surface area is 336 Å². The van der Waals surface area contributed by atoms with E-state index < -0.39 is 90.0 Å². The number of nitrogens with two attached hydrogens (primary N) is 2. The summed E-state index contributed by atoms with van der Waals surface area (Å²) in [6, 6.07) is 0.438. The van der Waals surface area contributed by atoms with Gasteiger partial charge < -0.3 is 62.5 Å². The maximum atomic E-state index is 13.5. The third-order valence-electron chi connectivity index (χ3n) is 7.63. The van der Waals surface area contributed by atoms with Gasteiger partial charge in [0.15, 0.2) is 5.96 Å². The summed E-state index contributed by atoms with van der Waals surface area (Å²) in [6.45, 7) is 10.8. The number of anilines is 1. The zero-order valence-electron chi connectivity index (χ0n) is 33.6. The van der Waals surface area contributed by atoms with Crippen LogP contribution in [-0.2, 0) is 28.7 Å². The smallest absolute Gasteiger partial charge is 0.475 e. The van der Waals surface area contributed by atoms with Gasteiger partial charge in [0.1, 0.15) is 35.4 Å². The van der Waals surface area contributed by atoms with E-state index in [0.29, 0.717) is 10.9 Å². The average Bonchev–Trinajstić information content (AvgIpc) is 3.08. The number of nitrogens with zero attached hydrogens (tertiary/aromatic N) is 1. The van der Waals surface area contributed by atoms with E-state index in [1.165, 1.54) is 19.1 Å². The van der Waals surface area contributed by atoms with Crippen LogP contribution in [0.25, 0.3) is 11.0 Å². The number of aryl methyl sites for hydroxylation is 1. The van der Waals surface area contributed by atoms with Crippen LogP contribution >= 0.6 is 0 Å². The van der Waals surface area contributed by atoms with Crippen LogP contribution in [0, 0.1) is 12.8 Å². The maximum absolute atomic E-state index is 13.5. The van der Waals surface area contributed by atoms with Crippen molar-refractivity contribution in [3.8, 4) is 0 Å². The van der Waals surface area contributed by atoms with E-state index in [4.69, 9.17) is 30.5 Å². The minimum Gasteiger partial charge on any atom is -0.475 e. The summed E-state index contributed by atoms with van der Waals surface area (Å²) in [5.74, 6) is -6.46. The van der Waals surface area contributed by atoms with Crippen LogP contribution in [0.5, 0.6) is 0 Å². The van der Waals surface area contributed by atoms with Crippen molar-refractivity contribution in [2.75, 3.05) is 18.5 Å². The molecule has 5 amide bonds. The van der Waals surface area contributed by atoms with E-state index in [1.807, 2.05) is 13.8 Å². The molecule has 0 radical (unpaired) electrons. The molecule has 0 bridgehead atoms. The van der Waals surface area contributed by atoms with Gasteiger partial charge in [0.05, 0.1) is 12.7 Å². The molecule has 0 aliphatic rings. The van der Waals surface area contributed by atoms with Gasteiger partial charge in [0.2, 0.25) is 23.6 Å². The van der Waals surface area contributed by atoms with E-state index in [-0.39, 0.29) is 49.0 Å². The number of aliphatic hydroxyl groups is 2. The number of alkyl halides is 3. The molecule has 1 aromatic carbocycles. The minimum atomic E-state index is -5.08. The number of nitrogens with one attached hydrogen (secondary N) is 5. The molecule has 0 spiro atoms. The molecule has 0 saturated heterocycles. The number of carboxylic acids is 1. The zero-order valence-corrected chi connectivity index (χ0v) is 33.6. The first kappa shape index (κ1) is 51.0. The van der Waals surface area contributed by atoms with Gasteiger partial charge in [0.25, 0.3) is 0 Å². The Morgan fingerprint density at radius 3 is 1.97 bits per heavy atom. The highest BCUT2D eigenvalue weighted by atomic mass is 19.4. The number of ether oxygens (including phenoxy) is 1. The predicted octanol–water partition coefficient (Wildman–Crippen LogP) is 0.494. The molecule has 2 aromatic rings. The molecule has 1 aromatic heterocycles. The topological polar surface area (TPSA) is 327 Å². The molecule has 0 aliphatic carbocycles. The second kappa shape index (κ2) is 22.8. The molecule has 0 unspecified atom stereocenters. The lowest BCUT2D eigenvalue weighted by atomic mass is 10.0. The predicted molar refractivity (Wildman–Crippen MR) is 207 cm³/mol. The van der Waals surface area contributed by atoms with Gasteiger partial charge in [-0.1, -0.05) is 13.8 Å². The first-order valence-electron chi connectivity index (χ1n) is 18.1. The van der Waals surface area contributed by atoms with E-state index in [1.54, 1.807) is 39.8 Å².